The van der Waals surface area contributed by atoms with E-state index in [9.17, 15) is 13.6 Å². The van der Waals surface area contributed by atoms with Crippen molar-refractivity contribution >= 4 is 5.91 Å². The summed E-state index contributed by atoms with van der Waals surface area (Å²) in [7, 11) is 0. The van der Waals surface area contributed by atoms with Crippen molar-refractivity contribution in [2.24, 2.45) is 0 Å². The lowest BCUT2D eigenvalue weighted by Gasteiger charge is -2.11. The van der Waals surface area contributed by atoms with Gasteiger partial charge in [0, 0.05) is 18.7 Å². The molecule has 0 fully saturated rings. The van der Waals surface area contributed by atoms with Crippen molar-refractivity contribution in [2.45, 2.75) is 32.7 Å². The molecule has 1 aromatic carbocycles. The Morgan fingerprint density at radius 3 is 2.47 bits per heavy atom. The average Bonchev–Trinajstić information content (AvgIpc) is 2.34. The molecule has 1 rings (SSSR count). The van der Waals surface area contributed by atoms with E-state index >= 15 is 0 Å². The highest BCUT2D eigenvalue weighted by Crippen LogP contribution is 2.07. The van der Waals surface area contributed by atoms with E-state index in [0.717, 1.165) is 12.5 Å². The van der Waals surface area contributed by atoms with Crippen LogP contribution in [0.25, 0.3) is 0 Å². The highest BCUT2D eigenvalue weighted by molar-refractivity contribution is 5.77. The van der Waals surface area contributed by atoms with E-state index in [1.165, 1.54) is 12.1 Å². The largest absolute Gasteiger partial charge is 0.355 e. The van der Waals surface area contributed by atoms with E-state index in [-0.39, 0.29) is 12.5 Å². The molecule has 0 spiro atoms. The zero-order chi connectivity index (χ0) is 14.3. The van der Waals surface area contributed by atoms with Crippen molar-refractivity contribution in [2.75, 3.05) is 13.1 Å². The first-order valence-corrected chi connectivity index (χ1v) is 6.46. The molecular formula is C14H20F2N2O. The van der Waals surface area contributed by atoms with Gasteiger partial charge in [-0.3, -0.25) is 4.79 Å². The molecule has 0 bridgehead atoms. The van der Waals surface area contributed by atoms with Gasteiger partial charge >= 0.3 is 0 Å². The summed E-state index contributed by atoms with van der Waals surface area (Å²) in [5.41, 5.74) is 0.535. The number of carbonyl (C=O) groups is 1. The van der Waals surface area contributed by atoms with Crippen molar-refractivity contribution in [1.29, 1.82) is 0 Å². The molecule has 1 amide bonds. The number of hydrogen-bond donors (Lipinski definition) is 2. The first kappa shape index (κ1) is 15.6. The Morgan fingerprint density at radius 1 is 1.26 bits per heavy atom. The third-order valence-corrected chi connectivity index (χ3v) is 2.88. The zero-order valence-electron chi connectivity index (χ0n) is 11.3. The van der Waals surface area contributed by atoms with Crippen LogP contribution in [0.15, 0.2) is 18.2 Å². The molecule has 0 aromatic heterocycles. The monoisotopic (exact) mass is 270 g/mol. The minimum Gasteiger partial charge on any atom is -0.355 e. The molecule has 5 heteroatoms. The van der Waals surface area contributed by atoms with Gasteiger partial charge in [0.05, 0.1) is 6.54 Å². The summed E-state index contributed by atoms with van der Waals surface area (Å²) in [4.78, 5) is 11.5. The molecule has 1 unspecified atom stereocenters. The number of amides is 1. The third-order valence-electron chi connectivity index (χ3n) is 2.88. The fraction of sp³-hybridized carbons (Fsp3) is 0.500. The van der Waals surface area contributed by atoms with Crippen LogP contribution in [0.5, 0.6) is 0 Å². The molecule has 106 valence electrons. The Balaban J connectivity index is 2.28. The molecule has 0 heterocycles. The molecule has 0 saturated heterocycles. The van der Waals surface area contributed by atoms with Crippen LogP contribution in [-0.2, 0) is 11.2 Å². The average molecular weight is 270 g/mol. The molecule has 0 aliphatic heterocycles. The molecule has 3 nitrogen and oxygen atoms in total. The van der Waals surface area contributed by atoms with Crippen molar-refractivity contribution in [3.63, 3.8) is 0 Å². The Morgan fingerprint density at radius 2 is 1.89 bits per heavy atom. The van der Waals surface area contributed by atoms with Gasteiger partial charge in [-0.1, -0.05) is 6.92 Å². The number of rotatable bonds is 7. The van der Waals surface area contributed by atoms with Gasteiger partial charge in [-0.2, -0.15) is 0 Å². The van der Waals surface area contributed by atoms with Crippen LogP contribution in [0.1, 0.15) is 25.8 Å². The smallest absolute Gasteiger partial charge is 0.233 e. The van der Waals surface area contributed by atoms with Crippen LogP contribution in [-0.4, -0.2) is 25.0 Å². The van der Waals surface area contributed by atoms with Gasteiger partial charge in [0.15, 0.2) is 0 Å². The predicted molar refractivity (Wildman–Crippen MR) is 70.8 cm³/mol. The SMILES string of the molecule is CCC(C)NCC(=O)NCCc1cc(F)cc(F)c1. The predicted octanol–water partition coefficient (Wildman–Crippen LogP) is 2.01. The van der Waals surface area contributed by atoms with Gasteiger partial charge < -0.3 is 10.6 Å². The van der Waals surface area contributed by atoms with E-state index in [1.54, 1.807) is 0 Å². The molecule has 1 aromatic rings. The van der Waals surface area contributed by atoms with E-state index in [2.05, 4.69) is 10.6 Å². The van der Waals surface area contributed by atoms with E-state index < -0.39 is 11.6 Å². The van der Waals surface area contributed by atoms with Gasteiger partial charge in [0.2, 0.25) is 5.91 Å². The summed E-state index contributed by atoms with van der Waals surface area (Å²) in [6, 6.07) is 3.67. The number of carbonyl (C=O) groups excluding carboxylic acids is 1. The second kappa shape index (κ2) is 7.84. The number of nitrogens with one attached hydrogen (secondary N) is 2. The summed E-state index contributed by atoms with van der Waals surface area (Å²) in [5.74, 6) is -1.31. The molecule has 0 aliphatic carbocycles. The highest BCUT2D eigenvalue weighted by Gasteiger charge is 2.04. The van der Waals surface area contributed by atoms with Crippen molar-refractivity contribution < 1.29 is 13.6 Å². The molecule has 0 saturated carbocycles. The topological polar surface area (TPSA) is 41.1 Å². The molecule has 0 radical (unpaired) electrons. The van der Waals surface area contributed by atoms with Gasteiger partial charge in [0.1, 0.15) is 11.6 Å². The Kier molecular flexibility index (Phi) is 6.42. The lowest BCUT2D eigenvalue weighted by atomic mass is 10.1. The normalized spacial score (nSPS) is 12.2. The number of benzene rings is 1. The summed E-state index contributed by atoms with van der Waals surface area (Å²) in [5, 5.41) is 5.77. The van der Waals surface area contributed by atoms with Gasteiger partial charge in [-0.25, -0.2) is 8.78 Å². The van der Waals surface area contributed by atoms with Crippen LogP contribution in [0.2, 0.25) is 0 Å². The minimum absolute atomic E-state index is 0.114. The summed E-state index contributed by atoms with van der Waals surface area (Å²) in [6.45, 7) is 4.66. The fourth-order valence-electron chi connectivity index (χ4n) is 1.58. The maximum atomic E-state index is 12.9. The Labute approximate surface area is 112 Å². The molecular weight excluding hydrogens is 250 g/mol. The summed E-state index contributed by atoms with van der Waals surface area (Å²) >= 11 is 0. The molecule has 19 heavy (non-hydrogen) atoms. The minimum atomic E-state index is -0.597. The third kappa shape index (κ3) is 6.29. The number of halogens is 2. The van der Waals surface area contributed by atoms with Gasteiger partial charge in [0.25, 0.3) is 0 Å². The second-order valence-corrected chi connectivity index (χ2v) is 4.57. The van der Waals surface area contributed by atoms with Gasteiger partial charge in [-0.15, -0.1) is 0 Å². The van der Waals surface area contributed by atoms with Crippen molar-refractivity contribution in [1.82, 2.24) is 10.6 Å². The van der Waals surface area contributed by atoms with Crippen LogP contribution in [0, 0.1) is 11.6 Å². The lowest BCUT2D eigenvalue weighted by molar-refractivity contribution is -0.120. The standard InChI is InChI=1S/C14H20F2N2O/c1-3-10(2)18-9-14(19)17-5-4-11-6-12(15)8-13(16)7-11/h6-8,10,18H,3-5,9H2,1-2H3,(H,17,19). The number of hydrogen-bond acceptors (Lipinski definition) is 2. The van der Waals surface area contributed by atoms with Crippen LogP contribution in [0.4, 0.5) is 8.78 Å². The lowest BCUT2D eigenvalue weighted by Crippen LogP contribution is -2.38. The Hall–Kier alpha value is -1.49. The zero-order valence-corrected chi connectivity index (χ0v) is 11.3. The quantitative estimate of drug-likeness (QED) is 0.796. The molecule has 2 N–H and O–H groups in total. The van der Waals surface area contributed by atoms with E-state index in [0.29, 0.717) is 24.6 Å². The van der Waals surface area contributed by atoms with Gasteiger partial charge in [-0.05, 0) is 37.5 Å². The fourth-order valence-corrected chi connectivity index (χ4v) is 1.58. The van der Waals surface area contributed by atoms with Crippen LogP contribution >= 0.6 is 0 Å². The first-order chi connectivity index (χ1) is 9.01. The van der Waals surface area contributed by atoms with E-state index in [1.807, 2.05) is 13.8 Å². The summed E-state index contributed by atoms with van der Waals surface area (Å²) in [6.07, 6.45) is 1.36. The molecule has 0 aliphatic rings. The maximum Gasteiger partial charge on any atom is 0.233 e. The maximum absolute atomic E-state index is 12.9. The highest BCUT2D eigenvalue weighted by atomic mass is 19.1. The van der Waals surface area contributed by atoms with Crippen molar-refractivity contribution in [3.8, 4) is 0 Å². The Bertz CT molecular complexity index is 404. The van der Waals surface area contributed by atoms with Crippen LogP contribution in [0.3, 0.4) is 0 Å². The van der Waals surface area contributed by atoms with Crippen molar-refractivity contribution in [3.05, 3.63) is 35.4 Å². The molecule has 1 atom stereocenters. The van der Waals surface area contributed by atoms with E-state index in [4.69, 9.17) is 0 Å². The summed E-state index contributed by atoms with van der Waals surface area (Å²) < 4.78 is 25.9. The second-order valence-electron chi connectivity index (χ2n) is 4.57. The first-order valence-electron chi connectivity index (χ1n) is 6.46. The van der Waals surface area contributed by atoms with Crippen LogP contribution < -0.4 is 10.6 Å².